The van der Waals surface area contributed by atoms with Gasteiger partial charge in [-0.15, -0.1) is 0 Å². The SMILES string of the molecule is O=C1NC(=O)c2cccc3cccc1c23.c1ccsc1. The summed E-state index contributed by atoms with van der Waals surface area (Å²) in [5.41, 5.74) is 1.14. The normalized spacial score (nSPS) is 12.6. The zero-order valence-corrected chi connectivity index (χ0v) is 11.3. The molecule has 0 saturated heterocycles. The number of rotatable bonds is 0. The van der Waals surface area contributed by atoms with E-state index in [-0.39, 0.29) is 11.8 Å². The van der Waals surface area contributed by atoms with Crippen LogP contribution in [0.1, 0.15) is 20.7 Å². The van der Waals surface area contributed by atoms with Gasteiger partial charge in [0, 0.05) is 16.5 Å². The molecule has 0 unspecified atom stereocenters. The Labute approximate surface area is 119 Å². The van der Waals surface area contributed by atoms with Crippen molar-refractivity contribution in [3.05, 3.63) is 70.4 Å². The van der Waals surface area contributed by atoms with E-state index >= 15 is 0 Å². The summed E-state index contributed by atoms with van der Waals surface area (Å²) < 4.78 is 0. The molecule has 2 heterocycles. The van der Waals surface area contributed by atoms with Crippen LogP contribution in [-0.2, 0) is 0 Å². The quantitative estimate of drug-likeness (QED) is 0.641. The van der Waals surface area contributed by atoms with Gasteiger partial charge in [-0.1, -0.05) is 36.4 Å². The topological polar surface area (TPSA) is 46.2 Å². The zero-order chi connectivity index (χ0) is 13.9. The maximum absolute atomic E-state index is 11.6. The summed E-state index contributed by atoms with van der Waals surface area (Å²) in [6.45, 7) is 0. The maximum atomic E-state index is 11.6. The third-order valence-electron chi connectivity index (χ3n) is 3.05. The highest BCUT2D eigenvalue weighted by atomic mass is 32.1. The van der Waals surface area contributed by atoms with Crippen LogP contribution in [0.25, 0.3) is 10.8 Å². The van der Waals surface area contributed by atoms with Crippen molar-refractivity contribution in [1.29, 1.82) is 0 Å². The van der Waals surface area contributed by atoms with Gasteiger partial charge < -0.3 is 0 Å². The van der Waals surface area contributed by atoms with Gasteiger partial charge in [-0.3, -0.25) is 14.9 Å². The van der Waals surface area contributed by atoms with Crippen LogP contribution in [-0.4, -0.2) is 11.8 Å². The number of imide groups is 1. The molecule has 0 saturated carbocycles. The molecule has 1 aromatic heterocycles. The molecule has 0 bridgehead atoms. The van der Waals surface area contributed by atoms with Gasteiger partial charge in [0.15, 0.2) is 0 Å². The van der Waals surface area contributed by atoms with E-state index in [9.17, 15) is 9.59 Å². The van der Waals surface area contributed by atoms with Crippen molar-refractivity contribution >= 4 is 33.9 Å². The van der Waals surface area contributed by atoms with Gasteiger partial charge in [0.1, 0.15) is 0 Å². The van der Waals surface area contributed by atoms with Crippen LogP contribution < -0.4 is 5.32 Å². The average molecular weight is 281 g/mol. The fraction of sp³-hybridized carbons (Fsp3) is 0. The van der Waals surface area contributed by atoms with Crippen LogP contribution in [0.3, 0.4) is 0 Å². The minimum atomic E-state index is -0.315. The summed E-state index contributed by atoms with van der Waals surface area (Å²) in [5, 5.41) is 8.08. The van der Waals surface area contributed by atoms with Gasteiger partial charge in [-0.05, 0) is 28.3 Å². The molecule has 0 aliphatic carbocycles. The molecular weight excluding hydrogens is 270 g/mol. The van der Waals surface area contributed by atoms with E-state index in [0.717, 1.165) is 10.8 Å². The highest BCUT2D eigenvalue weighted by Crippen LogP contribution is 2.25. The molecule has 2 amide bonds. The Morgan fingerprint density at radius 2 is 1.30 bits per heavy atom. The molecule has 1 aliphatic rings. The zero-order valence-electron chi connectivity index (χ0n) is 10.5. The molecule has 0 fully saturated rings. The Balaban J connectivity index is 0.000000205. The van der Waals surface area contributed by atoms with Crippen molar-refractivity contribution in [2.45, 2.75) is 0 Å². The molecule has 0 atom stereocenters. The highest BCUT2D eigenvalue weighted by molar-refractivity contribution is 7.07. The van der Waals surface area contributed by atoms with E-state index < -0.39 is 0 Å². The van der Waals surface area contributed by atoms with Crippen LogP contribution in [0.15, 0.2) is 59.3 Å². The average Bonchev–Trinajstić information content (AvgIpc) is 3.04. The summed E-state index contributed by atoms with van der Waals surface area (Å²) in [4.78, 5) is 23.1. The fourth-order valence-corrected chi connectivity index (χ4v) is 2.64. The molecule has 1 N–H and O–H groups in total. The molecule has 1 aliphatic heterocycles. The first-order valence-electron chi connectivity index (χ1n) is 6.12. The second kappa shape index (κ2) is 5.27. The van der Waals surface area contributed by atoms with Gasteiger partial charge in [0.25, 0.3) is 11.8 Å². The summed E-state index contributed by atoms with van der Waals surface area (Å²) in [5.74, 6) is -0.631. The molecule has 0 radical (unpaired) electrons. The summed E-state index contributed by atoms with van der Waals surface area (Å²) in [6.07, 6.45) is 0. The van der Waals surface area contributed by atoms with E-state index in [1.807, 2.05) is 47.2 Å². The molecule has 0 spiro atoms. The number of hydrogen-bond donors (Lipinski definition) is 1. The van der Waals surface area contributed by atoms with E-state index in [1.165, 1.54) is 0 Å². The second-order valence-electron chi connectivity index (χ2n) is 4.29. The molecule has 4 rings (SSSR count). The maximum Gasteiger partial charge on any atom is 0.258 e. The monoisotopic (exact) mass is 281 g/mol. The van der Waals surface area contributed by atoms with Crippen LogP contribution >= 0.6 is 11.3 Å². The smallest absolute Gasteiger partial charge is 0.258 e. The Morgan fingerprint density at radius 1 is 0.750 bits per heavy atom. The minimum Gasteiger partial charge on any atom is -0.288 e. The Morgan fingerprint density at radius 3 is 1.75 bits per heavy atom. The summed E-state index contributed by atoms with van der Waals surface area (Å²) >= 11 is 1.71. The molecule has 2 aromatic carbocycles. The lowest BCUT2D eigenvalue weighted by atomic mass is 9.95. The third-order valence-corrected chi connectivity index (χ3v) is 3.67. The number of carbonyl (C=O) groups excluding carboxylic acids is 2. The minimum absolute atomic E-state index is 0.315. The standard InChI is InChI=1S/C12H7NO2.C4H4S/c14-11-8-5-1-3-7-4-2-6-9(10(7)8)12(15)13-11;1-2-4-5-3-1/h1-6H,(H,13,14,15);1-4H. The van der Waals surface area contributed by atoms with Crippen molar-refractivity contribution in [3.8, 4) is 0 Å². The van der Waals surface area contributed by atoms with Crippen LogP contribution in [0.2, 0.25) is 0 Å². The van der Waals surface area contributed by atoms with Crippen LogP contribution in [0.4, 0.5) is 0 Å². The van der Waals surface area contributed by atoms with Crippen LogP contribution in [0.5, 0.6) is 0 Å². The summed E-state index contributed by atoms with van der Waals surface area (Å²) in [6, 6.07) is 14.9. The van der Waals surface area contributed by atoms with E-state index in [4.69, 9.17) is 0 Å². The Kier molecular flexibility index (Phi) is 3.31. The van der Waals surface area contributed by atoms with Crippen molar-refractivity contribution in [1.82, 2.24) is 5.32 Å². The molecule has 3 aromatic rings. The van der Waals surface area contributed by atoms with Gasteiger partial charge in [0.05, 0.1) is 0 Å². The fourth-order valence-electron chi connectivity index (χ4n) is 2.18. The lowest BCUT2D eigenvalue weighted by Gasteiger charge is -2.15. The first-order valence-corrected chi connectivity index (χ1v) is 7.06. The Hall–Kier alpha value is -2.46. The molecule has 4 heteroatoms. The van der Waals surface area contributed by atoms with Gasteiger partial charge >= 0.3 is 0 Å². The number of benzene rings is 2. The van der Waals surface area contributed by atoms with E-state index in [0.29, 0.717) is 11.1 Å². The van der Waals surface area contributed by atoms with Crippen molar-refractivity contribution in [2.75, 3.05) is 0 Å². The lowest BCUT2D eigenvalue weighted by molar-refractivity contribution is 0.0845. The lowest BCUT2D eigenvalue weighted by Crippen LogP contribution is -2.34. The summed E-state index contributed by atoms with van der Waals surface area (Å²) in [7, 11) is 0. The molecular formula is C16H11NO2S. The molecule has 3 nitrogen and oxygen atoms in total. The Bertz CT molecular complexity index is 712. The van der Waals surface area contributed by atoms with Gasteiger partial charge in [-0.2, -0.15) is 11.3 Å². The second-order valence-corrected chi connectivity index (χ2v) is 5.10. The van der Waals surface area contributed by atoms with Gasteiger partial charge in [-0.25, -0.2) is 0 Å². The number of carbonyl (C=O) groups is 2. The van der Waals surface area contributed by atoms with Crippen molar-refractivity contribution in [2.24, 2.45) is 0 Å². The molecule has 98 valence electrons. The number of nitrogens with one attached hydrogen (secondary N) is 1. The highest BCUT2D eigenvalue weighted by Gasteiger charge is 2.23. The predicted molar refractivity (Wildman–Crippen MR) is 80.1 cm³/mol. The largest absolute Gasteiger partial charge is 0.288 e. The van der Waals surface area contributed by atoms with Crippen molar-refractivity contribution < 1.29 is 9.59 Å². The van der Waals surface area contributed by atoms with E-state index in [2.05, 4.69) is 5.32 Å². The first-order chi connectivity index (χ1) is 9.77. The van der Waals surface area contributed by atoms with Crippen LogP contribution in [0, 0.1) is 0 Å². The number of hydrogen-bond acceptors (Lipinski definition) is 3. The van der Waals surface area contributed by atoms with E-state index in [1.54, 1.807) is 23.5 Å². The predicted octanol–water partition coefficient (Wildman–Crippen LogP) is 3.47. The number of amides is 2. The van der Waals surface area contributed by atoms with Crippen molar-refractivity contribution in [3.63, 3.8) is 0 Å². The first kappa shape index (κ1) is 12.6. The number of thiophene rings is 1. The molecule has 20 heavy (non-hydrogen) atoms. The van der Waals surface area contributed by atoms with Gasteiger partial charge in [0.2, 0.25) is 0 Å². The third kappa shape index (κ3) is 2.21.